The van der Waals surface area contributed by atoms with Crippen LogP contribution in [-0.4, -0.2) is 30.1 Å². The summed E-state index contributed by atoms with van der Waals surface area (Å²) in [7, 11) is 0. The van der Waals surface area contributed by atoms with Crippen molar-refractivity contribution in [3.05, 3.63) is 29.3 Å². The van der Waals surface area contributed by atoms with Crippen molar-refractivity contribution in [1.82, 2.24) is 5.32 Å². The van der Waals surface area contributed by atoms with Crippen molar-refractivity contribution in [3.8, 4) is 0 Å². The quantitative estimate of drug-likeness (QED) is 0.773. The Hall–Kier alpha value is -1.88. The second-order valence-corrected chi connectivity index (χ2v) is 4.85. The second kappa shape index (κ2) is 5.84. The number of rotatable bonds is 3. The summed E-state index contributed by atoms with van der Waals surface area (Å²) in [6.07, 6.45) is 1.65. The molecule has 2 rings (SSSR count). The molecule has 1 amide bonds. The molecule has 0 aliphatic carbocycles. The van der Waals surface area contributed by atoms with Crippen LogP contribution in [-0.2, 0) is 4.79 Å². The summed E-state index contributed by atoms with van der Waals surface area (Å²) in [5.74, 6) is -1.00. The standard InChI is InChI=1S/C14H18N2O3/c1-9-2-3-11(14(18)19)8-12(9)16-13(17)10-4-6-15-7-5-10/h2-3,8,10,15H,4-7H2,1H3,(H,16,17)(H,18,19). The van der Waals surface area contributed by atoms with Gasteiger partial charge in [0, 0.05) is 11.6 Å². The van der Waals surface area contributed by atoms with Gasteiger partial charge in [0.05, 0.1) is 5.56 Å². The molecule has 0 aromatic heterocycles. The van der Waals surface area contributed by atoms with Crippen molar-refractivity contribution in [2.24, 2.45) is 5.92 Å². The molecule has 0 unspecified atom stereocenters. The van der Waals surface area contributed by atoms with E-state index >= 15 is 0 Å². The summed E-state index contributed by atoms with van der Waals surface area (Å²) < 4.78 is 0. The fourth-order valence-electron chi connectivity index (χ4n) is 2.21. The van der Waals surface area contributed by atoms with Gasteiger partial charge < -0.3 is 15.7 Å². The first kappa shape index (κ1) is 13.5. The van der Waals surface area contributed by atoms with Crippen LogP contribution in [0.4, 0.5) is 5.69 Å². The highest BCUT2D eigenvalue weighted by Gasteiger charge is 2.21. The highest BCUT2D eigenvalue weighted by Crippen LogP contribution is 2.20. The Balaban J connectivity index is 2.11. The molecule has 0 saturated carbocycles. The van der Waals surface area contributed by atoms with E-state index in [1.807, 2.05) is 6.92 Å². The molecular formula is C14H18N2O3. The molecule has 0 atom stereocenters. The molecule has 19 heavy (non-hydrogen) atoms. The predicted molar refractivity (Wildman–Crippen MR) is 72.4 cm³/mol. The van der Waals surface area contributed by atoms with Crippen LogP contribution in [0.25, 0.3) is 0 Å². The molecule has 1 fully saturated rings. The highest BCUT2D eigenvalue weighted by molar-refractivity contribution is 5.95. The lowest BCUT2D eigenvalue weighted by Crippen LogP contribution is -2.34. The highest BCUT2D eigenvalue weighted by atomic mass is 16.4. The van der Waals surface area contributed by atoms with Crippen LogP contribution in [0.2, 0.25) is 0 Å². The molecule has 1 aromatic rings. The largest absolute Gasteiger partial charge is 0.478 e. The van der Waals surface area contributed by atoms with Gasteiger partial charge in [0.1, 0.15) is 0 Å². The topological polar surface area (TPSA) is 78.4 Å². The zero-order chi connectivity index (χ0) is 13.8. The third-order valence-electron chi connectivity index (χ3n) is 3.45. The average molecular weight is 262 g/mol. The number of piperidine rings is 1. The molecule has 0 spiro atoms. The zero-order valence-electron chi connectivity index (χ0n) is 10.9. The van der Waals surface area contributed by atoms with Gasteiger partial charge in [-0.25, -0.2) is 4.79 Å². The Labute approximate surface area is 112 Å². The van der Waals surface area contributed by atoms with E-state index in [-0.39, 0.29) is 17.4 Å². The van der Waals surface area contributed by atoms with E-state index < -0.39 is 5.97 Å². The third kappa shape index (κ3) is 3.32. The van der Waals surface area contributed by atoms with Crippen LogP contribution >= 0.6 is 0 Å². The van der Waals surface area contributed by atoms with Gasteiger partial charge in [-0.05, 0) is 50.6 Å². The van der Waals surface area contributed by atoms with Gasteiger partial charge >= 0.3 is 5.97 Å². The Morgan fingerprint density at radius 2 is 2.00 bits per heavy atom. The Bertz CT molecular complexity index is 493. The number of anilines is 1. The Kier molecular flexibility index (Phi) is 4.16. The Morgan fingerprint density at radius 3 is 2.63 bits per heavy atom. The monoisotopic (exact) mass is 262 g/mol. The molecule has 1 heterocycles. The van der Waals surface area contributed by atoms with E-state index in [4.69, 9.17) is 5.11 Å². The number of benzene rings is 1. The summed E-state index contributed by atoms with van der Waals surface area (Å²) in [5, 5.41) is 15.0. The molecular weight excluding hydrogens is 244 g/mol. The van der Waals surface area contributed by atoms with Gasteiger partial charge in [0.2, 0.25) is 5.91 Å². The SMILES string of the molecule is Cc1ccc(C(=O)O)cc1NC(=O)C1CCNCC1. The average Bonchev–Trinajstić information content (AvgIpc) is 2.42. The number of amides is 1. The number of nitrogens with one attached hydrogen (secondary N) is 2. The minimum absolute atomic E-state index is 0.00846. The minimum atomic E-state index is -0.989. The summed E-state index contributed by atoms with van der Waals surface area (Å²) >= 11 is 0. The fraction of sp³-hybridized carbons (Fsp3) is 0.429. The molecule has 1 aliphatic heterocycles. The number of aromatic carboxylic acids is 1. The van der Waals surface area contributed by atoms with Crippen molar-refractivity contribution >= 4 is 17.6 Å². The predicted octanol–water partition coefficient (Wildman–Crippen LogP) is 1.63. The number of hydrogen-bond donors (Lipinski definition) is 3. The van der Waals surface area contributed by atoms with Gasteiger partial charge in [0.25, 0.3) is 0 Å². The fourth-order valence-corrected chi connectivity index (χ4v) is 2.21. The van der Waals surface area contributed by atoms with Crippen LogP contribution < -0.4 is 10.6 Å². The van der Waals surface area contributed by atoms with E-state index in [1.54, 1.807) is 6.07 Å². The number of aryl methyl sites for hydroxylation is 1. The van der Waals surface area contributed by atoms with Crippen LogP contribution in [0.15, 0.2) is 18.2 Å². The molecule has 1 saturated heterocycles. The molecule has 0 bridgehead atoms. The molecule has 5 heteroatoms. The maximum Gasteiger partial charge on any atom is 0.335 e. The first-order valence-electron chi connectivity index (χ1n) is 6.43. The van der Waals surface area contributed by atoms with Gasteiger partial charge in [-0.15, -0.1) is 0 Å². The van der Waals surface area contributed by atoms with E-state index in [1.165, 1.54) is 12.1 Å². The van der Waals surface area contributed by atoms with Crippen molar-refractivity contribution < 1.29 is 14.7 Å². The molecule has 5 nitrogen and oxygen atoms in total. The molecule has 1 aliphatic rings. The van der Waals surface area contributed by atoms with Gasteiger partial charge in [-0.2, -0.15) is 0 Å². The van der Waals surface area contributed by atoms with Crippen molar-refractivity contribution in [2.45, 2.75) is 19.8 Å². The van der Waals surface area contributed by atoms with Crippen molar-refractivity contribution in [3.63, 3.8) is 0 Å². The molecule has 0 radical (unpaired) electrons. The summed E-state index contributed by atoms with van der Waals surface area (Å²) in [6, 6.07) is 4.76. The van der Waals surface area contributed by atoms with Crippen molar-refractivity contribution in [2.75, 3.05) is 18.4 Å². The van der Waals surface area contributed by atoms with E-state index in [9.17, 15) is 9.59 Å². The Morgan fingerprint density at radius 1 is 1.32 bits per heavy atom. The number of carbonyl (C=O) groups excluding carboxylic acids is 1. The van der Waals surface area contributed by atoms with Crippen LogP contribution in [0.3, 0.4) is 0 Å². The van der Waals surface area contributed by atoms with Gasteiger partial charge in [-0.1, -0.05) is 6.07 Å². The number of carbonyl (C=O) groups is 2. The number of carboxylic acids is 1. The normalized spacial score (nSPS) is 16.1. The summed E-state index contributed by atoms with van der Waals surface area (Å²) in [4.78, 5) is 23.0. The van der Waals surface area contributed by atoms with E-state index in [2.05, 4.69) is 10.6 Å². The maximum absolute atomic E-state index is 12.1. The number of hydrogen-bond acceptors (Lipinski definition) is 3. The van der Waals surface area contributed by atoms with Gasteiger partial charge in [0.15, 0.2) is 0 Å². The van der Waals surface area contributed by atoms with Crippen molar-refractivity contribution in [1.29, 1.82) is 0 Å². The van der Waals surface area contributed by atoms with Crippen LogP contribution in [0.5, 0.6) is 0 Å². The second-order valence-electron chi connectivity index (χ2n) is 4.85. The lowest BCUT2D eigenvalue weighted by molar-refractivity contribution is -0.120. The summed E-state index contributed by atoms with van der Waals surface area (Å²) in [5.41, 5.74) is 1.64. The van der Waals surface area contributed by atoms with E-state index in [0.29, 0.717) is 5.69 Å². The smallest absolute Gasteiger partial charge is 0.335 e. The lowest BCUT2D eigenvalue weighted by atomic mass is 9.97. The number of carboxylic acid groups (broad SMARTS) is 1. The van der Waals surface area contributed by atoms with Gasteiger partial charge in [-0.3, -0.25) is 4.79 Å². The van der Waals surface area contributed by atoms with Crippen LogP contribution in [0, 0.1) is 12.8 Å². The molecule has 3 N–H and O–H groups in total. The minimum Gasteiger partial charge on any atom is -0.478 e. The van der Waals surface area contributed by atoms with Crippen LogP contribution in [0.1, 0.15) is 28.8 Å². The first-order chi connectivity index (χ1) is 9.08. The van der Waals surface area contributed by atoms with E-state index in [0.717, 1.165) is 31.5 Å². The first-order valence-corrected chi connectivity index (χ1v) is 6.43. The summed E-state index contributed by atoms with van der Waals surface area (Å²) in [6.45, 7) is 3.56. The molecule has 102 valence electrons. The zero-order valence-corrected chi connectivity index (χ0v) is 10.9. The lowest BCUT2D eigenvalue weighted by Gasteiger charge is -2.22. The third-order valence-corrected chi connectivity index (χ3v) is 3.45. The maximum atomic E-state index is 12.1. The molecule has 1 aromatic carbocycles.